The third-order valence-corrected chi connectivity index (χ3v) is 5.31. The highest BCUT2D eigenvalue weighted by molar-refractivity contribution is 6.03. The number of para-hydroxylation sites is 2. The topological polar surface area (TPSA) is 53.1 Å². The molecule has 1 fully saturated rings. The first kappa shape index (κ1) is 17.7. The first-order valence-corrected chi connectivity index (χ1v) is 9.06. The molecule has 2 heterocycles. The molecule has 1 atom stereocenters. The number of carbonyl (C=O) groups is 2. The molecule has 0 saturated carbocycles. The summed E-state index contributed by atoms with van der Waals surface area (Å²) < 4.78 is 5.64. The Labute approximate surface area is 149 Å². The van der Waals surface area contributed by atoms with Crippen LogP contribution in [0.5, 0.6) is 5.75 Å². The van der Waals surface area contributed by atoms with Gasteiger partial charge in [-0.3, -0.25) is 14.5 Å². The van der Waals surface area contributed by atoms with Gasteiger partial charge in [0.25, 0.3) is 5.91 Å². The molecule has 0 bridgehead atoms. The lowest BCUT2D eigenvalue weighted by Gasteiger charge is -2.38. The van der Waals surface area contributed by atoms with Crippen LogP contribution in [0.4, 0.5) is 5.69 Å². The molecule has 6 heteroatoms. The van der Waals surface area contributed by atoms with E-state index in [4.69, 9.17) is 4.74 Å². The van der Waals surface area contributed by atoms with Crippen LogP contribution in [-0.4, -0.2) is 67.0 Å². The number of likely N-dealkylation sites (N-methyl/N-ethyl adjacent to an activating group) is 1. The van der Waals surface area contributed by atoms with E-state index in [-0.39, 0.29) is 24.4 Å². The zero-order valence-corrected chi connectivity index (χ0v) is 15.3. The van der Waals surface area contributed by atoms with Crippen molar-refractivity contribution in [1.82, 2.24) is 9.80 Å². The highest BCUT2D eigenvalue weighted by Gasteiger charge is 2.34. The van der Waals surface area contributed by atoms with Crippen LogP contribution in [0.2, 0.25) is 0 Å². The summed E-state index contributed by atoms with van der Waals surface area (Å²) >= 11 is 0. The smallest absolute Gasteiger partial charge is 0.268 e. The maximum Gasteiger partial charge on any atom is 0.268 e. The predicted molar refractivity (Wildman–Crippen MR) is 96.8 cm³/mol. The second-order valence-corrected chi connectivity index (χ2v) is 6.82. The Balaban J connectivity index is 1.69. The maximum absolute atomic E-state index is 12.8. The molecule has 1 unspecified atom stereocenters. The molecule has 6 nitrogen and oxygen atoms in total. The minimum atomic E-state index is -0.569. The van der Waals surface area contributed by atoms with E-state index in [0.717, 1.165) is 32.5 Å². The van der Waals surface area contributed by atoms with Crippen molar-refractivity contribution in [3.63, 3.8) is 0 Å². The third kappa shape index (κ3) is 3.63. The zero-order chi connectivity index (χ0) is 18.0. The van der Waals surface area contributed by atoms with Gasteiger partial charge in [0.05, 0.1) is 5.69 Å². The van der Waals surface area contributed by atoms with Crippen molar-refractivity contribution in [3.05, 3.63) is 24.3 Å². The van der Waals surface area contributed by atoms with E-state index in [1.54, 1.807) is 11.8 Å². The van der Waals surface area contributed by atoms with Crippen LogP contribution in [-0.2, 0) is 9.59 Å². The Hall–Kier alpha value is -2.08. The molecule has 0 N–H and O–H groups in total. The van der Waals surface area contributed by atoms with Crippen LogP contribution in [0.3, 0.4) is 0 Å². The number of benzene rings is 1. The van der Waals surface area contributed by atoms with Gasteiger partial charge in [-0.05, 0) is 38.4 Å². The van der Waals surface area contributed by atoms with Crippen molar-refractivity contribution in [1.29, 1.82) is 0 Å². The number of hydrogen-bond acceptors (Lipinski definition) is 4. The Morgan fingerprint density at radius 3 is 2.64 bits per heavy atom. The highest BCUT2D eigenvalue weighted by atomic mass is 16.5. The summed E-state index contributed by atoms with van der Waals surface area (Å²) in [6.45, 7) is 7.05. The second-order valence-electron chi connectivity index (χ2n) is 6.82. The Kier molecular flexibility index (Phi) is 5.27. The summed E-state index contributed by atoms with van der Waals surface area (Å²) in [5, 5.41) is 0. The fourth-order valence-corrected chi connectivity index (χ4v) is 3.60. The molecule has 2 amide bonds. The normalized spacial score (nSPS) is 21.6. The summed E-state index contributed by atoms with van der Waals surface area (Å²) in [5.74, 6) is 0.467. The van der Waals surface area contributed by atoms with Crippen LogP contribution >= 0.6 is 0 Å². The number of ether oxygens (including phenoxy) is 1. The molecule has 0 radical (unpaired) electrons. The third-order valence-electron chi connectivity index (χ3n) is 5.31. The van der Waals surface area contributed by atoms with Crippen molar-refractivity contribution in [2.45, 2.75) is 38.8 Å². The van der Waals surface area contributed by atoms with Crippen molar-refractivity contribution >= 4 is 17.5 Å². The summed E-state index contributed by atoms with van der Waals surface area (Å²) in [5.41, 5.74) is 0.674. The minimum Gasteiger partial charge on any atom is -0.479 e. The number of rotatable bonds is 4. The molecule has 25 heavy (non-hydrogen) atoms. The Morgan fingerprint density at radius 2 is 1.96 bits per heavy atom. The van der Waals surface area contributed by atoms with Crippen molar-refractivity contribution in [2.24, 2.45) is 0 Å². The van der Waals surface area contributed by atoms with Crippen molar-refractivity contribution < 1.29 is 14.3 Å². The van der Waals surface area contributed by atoms with Crippen LogP contribution in [0.15, 0.2) is 24.3 Å². The van der Waals surface area contributed by atoms with Gasteiger partial charge in [-0.2, -0.15) is 0 Å². The van der Waals surface area contributed by atoms with Gasteiger partial charge in [0, 0.05) is 26.2 Å². The van der Waals surface area contributed by atoms with Crippen molar-refractivity contribution in [2.75, 3.05) is 38.1 Å². The fourth-order valence-electron chi connectivity index (χ4n) is 3.60. The van der Waals surface area contributed by atoms with Crippen LogP contribution in [0, 0.1) is 0 Å². The molecule has 2 aliphatic heterocycles. The number of amides is 2. The van der Waals surface area contributed by atoms with E-state index in [2.05, 4.69) is 11.8 Å². The monoisotopic (exact) mass is 345 g/mol. The lowest BCUT2D eigenvalue weighted by molar-refractivity contribution is -0.134. The van der Waals surface area contributed by atoms with Gasteiger partial charge in [0.15, 0.2) is 6.10 Å². The highest BCUT2D eigenvalue weighted by Crippen LogP contribution is 2.33. The first-order chi connectivity index (χ1) is 12.0. The number of hydrogen-bond donors (Lipinski definition) is 0. The molecule has 2 aliphatic rings. The predicted octanol–water partition coefficient (Wildman–Crippen LogP) is 1.74. The number of nitrogens with zero attached hydrogens (tertiary/aromatic N) is 3. The van der Waals surface area contributed by atoms with Gasteiger partial charge >= 0.3 is 0 Å². The van der Waals surface area contributed by atoms with Crippen LogP contribution in [0.1, 0.15) is 26.7 Å². The zero-order valence-electron chi connectivity index (χ0n) is 15.3. The van der Waals surface area contributed by atoms with E-state index in [1.165, 1.54) is 0 Å². The molecular weight excluding hydrogens is 318 g/mol. The second kappa shape index (κ2) is 7.44. The molecule has 1 saturated heterocycles. The summed E-state index contributed by atoms with van der Waals surface area (Å²) in [6, 6.07) is 7.63. The average Bonchev–Trinajstić information content (AvgIpc) is 2.64. The fraction of sp³-hybridized carbons (Fsp3) is 0.579. The molecule has 3 rings (SSSR count). The Bertz CT molecular complexity index is 641. The van der Waals surface area contributed by atoms with Gasteiger partial charge in [-0.25, -0.2) is 0 Å². The van der Waals surface area contributed by atoms with E-state index >= 15 is 0 Å². The van der Waals surface area contributed by atoms with Gasteiger partial charge < -0.3 is 14.5 Å². The molecule has 1 aromatic rings. The molecule has 0 aromatic heterocycles. The quantitative estimate of drug-likeness (QED) is 0.834. The van der Waals surface area contributed by atoms with Crippen molar-refractivity contribution in [3.8, 4) is 5.75 Å². The SMILES string of the molecule is CCN1CCC(N(C)C(=O)CN2C(=O)C(C)Oc3ccccc32)CC1. The summed E-state index contributed by atoms with van der Waals surface area (Å²) in [6.07, 6.45) is 1.40. The summed E-state index contributed by atoms with van der Waals surface area (Å²) in [4.78, 5) is 31.1. The largest absolute Gasteiger partial charge is 0.479 e. The van der Waals surface area contributed by atoms with E-state index in [0.29, 0.717) is 11.4 Å². The molecule has 136 valence electrons. The molecule has 1 aromatic carbocycles. The van der Waals surface area contributed by atoms with E-state index in [9.17, 15) is 9.59 Å². The first-order valence-electron chi connectivity index (χ1n) is 9.06. The number of likely N-dealkylation sites (tertiary alicyclic amines) is 1. The van der Waals surface area contributed by atoms with Crippen LogP contribution in [0.25, 0.3) is 0 Å². The van der Waals surface area contributed by atoms with E-state index in [1.807, 2.05) is 36.2 Å². The number of carbonyl (C=O) groups excluding carboxylic acids is 2. The summed E-state index contributed by atoms with van der Waals surface area (Å²) in [7, 11) is 1.86. The van der Waals surface area contributed by atoms with Crippen LogP contribution < -0.4 is 9.64 Å². The number of fused-ring (bicyclic) bond motifs is 1. The van der Waals surface area contributed by atoms with Gasteiger partial charge in [-0.1, -0.05) is 19.1 Å². The number of piperidine rings is 1. The molecular formula is C19H27N3O3. The molecule has 0 spiro atoms. The molecule has 0 aliphatic carbocycles. The maximum atomic E-state index is 12.8. The van der Waals surface area contributed by atoms with Gasteiger partial charge in [0.1, 0.15) is 12.3 Å². The lowest BCUT2D eigenvalue weighted by atomic mass is 10.0. The van der Waals surface area contributed by atoms with Gasteiger partial charge in [-0.15, -0.1) is 0 Å². The number of anilines is 1. The minimum absolute atomic E-state index is 0.0211. The lowest BCUT2D eigenvalue weighted by Crippen LogP contribution is -2.52. The van der Waals surface area contributed by atoms with E-state index < -0.39 is 6.10 Å². The Morgan fingerprint density at radius 1 is 1.28 bits per heavy atom. The average molecular weight is 345 g/mol. The van der Waals surface area contributed by atoms with Gasteiger partial charge in [0.2, 0.25) is 5.91 Å². The standard InChI is InChI=1S/C19H27N3O3/c1-4-21-11-9-15(10-12-21)20(3)18(23)13-22-16-7-5-6-8-17(16)25-14(2)19(22)24/h5-8,14-15H,4,9-13H2,1-3H3.